The summed E-state index contributed by atoms with van der Waals surface area (Å²) in [4.78, 5) is 48.8. The molecule has 1 aliphatic rings. The highest BCUT2D eigenvalue weighted by atomic mass is 16.5. The van der Waals surface area contributed by atoms with Crippen molar-refractivity contribution < 1.29 is 33.4 Å². The highest BCUT2D eigenvalue weighted by molar-refractivity contribution is 6.08. The maximum Gasteiger partial charge on any atom is 0.308 e. The van der Waals surface area contributed by atoms with Gasteiger partial charge in [0, 0.05) is 37.8 Å². The summed E-state index contributed by atoms with van der Waals surface area (Å²) >= 11 is 0. The Morgan fingerprint density at radius 3 is 1.83 bits per heavy atom. The van der Waals surface area contributed by atoms with Gasteiger partial charge in [-0.05, 0) is 72.5 Å². The van der Waals surface area contributed by atoms with Gasteiger partial charge in [0.1, 0.15) is 17.2 Å². The summed E-state index contributed by atoms with van der Waals surface area (Å²) in [7, 11) is 0. The number of benzene rings is 3. The summed E-state index contributed by atoms with van der Waals surface area (Å²) in [6, 6.07) is 15.8. The molecule has 184 valence electrons. The van der Waals surface area contributed by atoms with Crippen LogP contribution in [0.4, 0.5) is 0 Å². The average Bonchev–Trinajstić information content (AvgIpc) is 3.05. The van der Waals surface area contributed by atoms with Gasteiger partial charge in [0.25, 0.3) is 0 Å². The molecule has 0 heterocycles. The molecule has 36 heavy (non-hydrogen) atoms. The number of ether oxygens (including phenoxy) is 3. The topological polar surface area (TPSA) is 96.0 Å². The second-order valence-electron chi connectivity index (χ2n) is 8.97. The van der Waals surface area contributed by atoms with Crippen molar-refractivity contribution >= 4 is 23.7 Å². The van der Waals surface area contributed by atoms with Crippen LogP contribution < -0.4 is 14.2 Å². The number of carbonyl (C=O) groups is 4. The SMILES string of the molecule is CC(=O)Oc1ccc([C@@H]2c3c(OC(C)=O)cc(C)cc3C(=O)[C@H]2c2cc(C)cc(OC(C)=O)c2)cc1. The molecule has 0 bridgehead atoms. The molecule has 0 saturated heterocycles. The molecule has 0 spiro atoms. The zero-order valence-electron chi connectivity index (χ0n) is 20.7. The smallest absolute Gasteiger partial charge is 0.308 e. The lowest BCUT2D eigenvalue weighted by Crippen LogP contribution is -2.14. The third-order valence-corrected chi connectivity index (χ3v) is 5.93. The van der Waals surface area contributed by atoms with E-state index in [1.807, 2.05) is 19.9 Å². The van der Waals surface area contributed by atoms with Crippen molar-refractivity contribution in [1.82, 2.24) is 0 Å². The van der Waals surface area contributed by atoms with Crippen LogP contribution in [0.5, 0.6) is 17.2 Å². The van der Waals surface area contributed by atoms with E-state index in [-0.39, 0.29) is 5.78 Å². The van der Waals surface area contributed by atoms with Gasteiger partial charge in [-0.1, -0.05) is 18.2 Å². The molecule has 0 saturated carbocycles. The molecule has 0 N–H and O–H groups in total. The van der Waals surface area contributed by atoms with Gasteiger partial charge in [-0.25, -0.2) is 0 Å². The number of ketones is 1. The summed E-state index contributed by atoms with van der Waals surface area (Å²) in [5.41, 5.74) is 4.15. The van der Waals surface area contributed by atoms with Gasteiger partial charge in [0.15, 0.2) is 5.78 Å². The molecule has 7 heteroatoms. The number of hydrogen-bond acceptors (Lipinski definition) is 7. The summed E-state index contributed by atoms with van der Waals surface area (Å²) in [6.45, 7) is 7.66. The second-order valence-corrected chi connectivity index (χ2v) is 8.97. The molecule has 1 aliphatic carbocycles. The lowest BCUT2D eigenvalue weighted by molar-refractivity contribution is -0.132. The van der Waals surface area contributed by atoms with Crippen molar-refractivity contribution in [2.75, 3.05) is 0 Å². The molecule has 0 unspecified atom stereocenters. The first kappa shape index (κ1) is 24.9. The minimum absolute atomic E-state index is 0.129. The molecule has 3 aromatic rings. The largest absolute Gasteiger partial charge is 0.427 e. The summed E-state index contributed by atoms with van der Waals surface area (Å²) in [6.07, 6.45) is 0. The Morgan fingerprint density at radius 2 is 1.22 bits per heavy atom. The quantitative estimate of drug-likeness (QED) is 0.362. The van der Waals surface area contributed by atoms with Crippen LogP contribution in [0, 0.1) is 13.8 Å². The predicted molar refractivity (Wildman–Crippen MR) is 132 cm³/mol. The van der Waals surface area contributed by atoms with Gasteiger partial charge in [-0.2, -0.15) is 0 Å². The van der Waals surface area contributed by atoms with Crippen LogP contribution in [0.1, 0.15) is 70.8 Å². The highest BCUT2D eigenvalue weighted by Crippen LogP contribution is 2.52. The molecule has 0 fully saturated rings. The molecule has 0 amide bonds. The minimum atomic E-state index is -0.662. The lowest BCUT2D eigenvalue weighted by Gasteiger charge is -2.23. The standard InChI is InChI=1S/C29H26O7/c1-15-10-21(14-23(11-15)35-18(4)31)27-26(20-6-8-22(9-7-20)34-17(3)30)28-24(29(27)33)12-16(2)13-25(28)36-19(5)32/h6-14,26-27H,1-5H3/t26-,27-/m0/s1. The fraction of sp³-hybridized carbons (Fsp3) is 0.241. The predicted octanol–water partition coefficient (Wildman–Crippen LogP) is 5.19. The Kier molecular flexibility index (Phi) is 6.75. The van der Waals surface area contributed by atoms with E-state index in [9.17, 15) is 19.2 Å². The van der Waals surface area contributed by atoms with Crippen molar-refractivity contribution in [3.8, 4) is 17.2 Å². The minimum Gasteiger partial charge on any atom is -0.427 e. The average molecular weight is 487 g/mol. The molecule has 0 aromatic heterocycles. The fourth-order valence-corrected chi connectivity index (χ4v) is 4.81. The van der Waals surface area contributed by atoms with Crippen molar-refractivity contribution in [3.63, 3.8) is 0 Å². The first-order chi connectivity index (χ1) is 17.0. The number of esters is 3. The molecular formula is C29H26O7. The zero-order chi connectivity index (χ0) is 26.1. The van der Waals surface area contributed by atoms with Crippen LogP contribution in [0.3, 0.4) is 0 Å². The summed E-state index contributed by atoms with van der Waals surface area (Å²) in [5.74, 6) is -1.62. The van der Waals surface area contributed by atoms with Crippen molar-refractivity contribution in [1.29, 1.82) is 0 Å². The van der Waals surface area contributed by atoms with E-state index in [0.717, 1.165) is 16.7 Å². The molecular weight excluding hydrogens is 460 g/mol. The van der Waals surface area contributed by atoms with Crippen LogP contribution in [0.2, 0.25) is 0 Å². The number of hydrogen-bond donors (Lipinski definition) is 0. The molecule has 0 radical (unpaired) electrons. The number of fused-ring (bicyclic) bond motifs is 1. The maximum absolute atomic E-state index is 13.9. The Balaban J connectivity index is 1.92. The number of carbonyl (C=O) groups excluding carboxylic acids is 4. The Labute approximate surface area is 209 Å². The zero-order valence-corrected chi connectivity index (χ0v) is 20.7. The van der Waals surface area contributed by atoms with Gasteiger partial charge in [-0.3, -0.25) is 19.2 Å². The molecule has 0 aliphatic heterocycles. The molecule has 7 nitrogen and oxygen atoms in total. The first-order valence-electron chi connectivity index (χ1n) is 11.5. The van der Waals surface area contributed by atoms with E-state index in [2.05, 4.69) is 0 Å². The lowest BCUT2D eigenvalue weighted by atomic mass is 9.80. The highest BCUT2D eigenvalue weighted by Gasteiger charge is 2.44. The number of aryl methyl sites for hydroxylation is 2. The van der Waals surface area contributed by atoms with Gasteiger partial charge in [0.05, 0.1) is 5.92 Å². The third kappa shape index (κ3) is 5.05. The Bertz CT molecular complexity index is 1390. The van der Waals surface area contributed by atoms with Gasteiger partial charge >= 0.3 is 17.9 Å². The van der Waals surface area contributed by atoms with Crippen molar-refractivity contribution in [2.24, 2.45) is 0 Å². The van der Waals surface area contributed by atoms with E-state index >= 15 is 0 Å². The van der Waals surface area contributed by atoms with Gasteiger partial charge in [-0.15, -0.1) is 0 Å². The fourth-order valence-electron chi connectivity index (χ4n) is 4.81. The third-order valence-electron chi connectivity index (χ3n) is 5.93. The molecule has 3 aromatic carbocycles. The Hall–Kier alpha value is -4.26. The monoisotopic (exact) mass is 486 g/mol. The van der Waals surface area contributed by atoms with Crippen LogP contribution in [0.15, 0.2) is 54.6 Å². The molecule has 2 atom stereocenters. The van der Waals surface area contributed by atoms with E-state index < -0.39 is 29.7 Å². The van der Waals surface area contributed by atoms with Crippen molar-refractivity contribution in [3.05, 3.63) is 88.0 Å². The number of rotatable bonds is 5. The van der Waals surface area contributed by atoms with Crippen LogP contribution in [-0.4, -0.2) is 23.7 Å². The van der Waals surface area contributed by atoms with Crippen LogP contribution in [0.25, 0.3) is 0 Å². The second kappa shape index (κ2) is 9.77. The maximum atomic E-state index is 13.9. The molecule has 4 rings (SSSR count). The normalized spacial score (nSPS) is 16.3. The van der Waals surface area contributed by atoms with Crippen molar-refractivity contribution in [2.45, 2.75) is 46.5 Å². The van der Waals surface area contributed by atoms with E-state index in [4.69, 9.17) is 14.2 Å². The Morgan fingerprint density at radius 1 is 0.639 bits per heavy atom. The van der Waals surface area contributed by atoms with Crippen LogP contribution >= 0.6 is 0 Å². The van der Waals surface area contributed by atoms with Gasteiger partial charge in [0.2, 0.25) is 0 Å². The summed E-state index contributed by atoms with van der Waals surface area (Å²) in [5, 5.41) is 0. The van der Waals surface area contributed by atoms with E-state index in [1.54, 1.807) is 48.5 Å². The number of Topliss-reactive ketones (excluding diaryl/α,β-unsaturated/α-hetero) is 1. The van der Waals surface area contributed by atoms with Gasteiger partial charge < -0.3 is 14.2 Å². The first-order valence-corrected chi connectivity index (χ1v) is 11.5. The van der Waals surface area contributed by atoms with Crippen LogP contribution in [-0.2, 0) is 14.4 Å². The van der Waals surface area contributed by atoms with E-state index in [0.29, 0.717) is 33.9 Å². The van der Waals surface area contributed by atoms with E-state index in [1.165, 1.54) is 20.8 Å². The summed E-state index contributed by atoms with van der Waals surface area (Å²) < 4.78 is 16.1.